The third kappa shape index (κ3) is 7.57. The van der Waals surface area contributed by atoms with Crippen LogP contribution < -0.4 is 26.5 Å². The van der Waals surface area contributed by atoms with E-state index in [1.165, 1.54) is 11.1 Å². The molecule has 1 saturated carbocycles. The summed E-state index contributed by atoms with van der Waals surface area (Å²) in [6.07, 6.45) is 12.5. The number of anilines is 2. The highest BCUT2D eigenvalue weighted by atomic mass is 16.6. The molecule has 2 fully saturated rings. The van der Waals surface area contributed by atoms with Crippen molar-refractivity contribution in [2.75, 3.05) is 30.7 Å². The molecule has 9 atom stereocenters. The quantitative estimate of drug-likeness (QED) is 0.0652. The number of hydrogen-bond acceptors (Lipinski definition) is 15. The van der Waals surface area contributed by atoms with Gasteiger partial charge in [-0.25, -0.2) is 14.8 Å². The van der Waals surface area contributed by atoms with E-state index in [4.69, 9.17) is 29.6 Å². The van der Waals surface area contributed by atoms with Crippen molar-refractivity contribution in [2.24, 2.45) is 17.3 Å². The Hall–Kier alpha value is -6.00. The van der Waals surface area contributed by atoms with Crippen molar-refractivity contribution in [2.45, 2.75) is 152 Å². The molecule has 1 saturated heterocycles. The number of aromatic hydroxyl groups is 2. The van der Waals surface area contributed by atoms with E-state index in [9.17, 15) is 30.3 Å². The van der Waals surface area contributed by atoms with Gasteiger partial charge < -0.3 is 55.8 Å². The average Bonchev–Trinajstić information content (AvgIpc) is 3.58. The van der Waals surface area contributed by atoms with Gasteiger partial charge in [0.05, 0.1) is 17.8 Å². The average molecular weight is 994 g/mol. The van der Waals surface area contributed by atoms with Crippen molar-refractivity contribution in [3.05, 3.63) is 120 Å². The van der Waals surface area contributed by atoms with Crippen molar-refractivity contribution < 1.29 is 44.2 Å². The molecule has 9 N–H and O–H groups in total. The predicted molar refractivity (Wildman–Crippen MR) is 274 cm³/mol. The zero-order valence-electron chi connectivity index (χ0n) is 41.9. The minimum Gasteiger partial charge on any atom is -0.508 e. The Labute approximate surface area is 424 Å². The zero-order valence-corrected chi connectivity index (χ0v) is 41.9. The molecular formula is C58H67N5O10. The van der Waals surface area contributed by atoms with Gasteiger partial charge in [-0.2, -0.15) is 0 Å². The van der Waals surface area contributed by atoms with Crippen LogP contribution in [0.15, 0.2) is 63.6 Å². The lowest BCUT2D eigenvalue weighted by atomic mass is 9.62. The molecule has 5 aromatic rings. The van der Waals surface area contributed by atoms with Crippen LogP contribution in [0.1, 0.15) is 146 Å². The molecule has 15 nitrogen and oxygen atoms in total. The summed E-state index contributed by atoms with van der Waals surface area (Å²) in [6, 6.07) is 8.62. The maximum Gasteiger partial charge on any atom is 0.337 e. The van der Waals surface area contributed by atoms with E-state index in [1.807, 2.05) is 25.3 Å². The third-order valence-electron chi connectivity index (χ3n) is 18.9. The number of aliphatic hydroxyl groups is 3. The van der Waals surface area contributed by atoms with Crippen LogP contribution in [0.3, 0.4) is 0 Å². The fourth-order valence-electron chi connectivity index (χ4n) is 15.3. The molecule has 0 radical (unpaired) electrons. The van der Waals surface area contributed by atoms with Gasteiger partial charge >= 0.3 is 5.97 Å². The number of hydrogen-bond donors (Lipinski definition) is 8. The van der Waals surface area contributed by atoms with Crippen LogP contribution in [0.5, 0.6) is 17.2 Å². The van der Waals surface area contributed by atoms with Crippen molar-refractivity contribution in [3.63, 3.8) is 0 Å². The Morgan fingerprint density at radius 2 is 1.75 bits per heavy atom. The molecule has 0 unspecified atom stereocenters. The first kappa shape index (κ1) is 48.0. The van der Waals surface area contributed by atoms with Crippen LogP contribution in [-0.4, -0.2) is 84.5 Å². The molecule has 1 spiro atoms. The fourth-order valence-corrected chi connectivity index (χ4v) is 15.3. The van der Waals surface area contributed by atoms with Gasteiger partial charge in [-0.3, -0.25) is 4.79 Å². The van der Waals surface area contributed by atoms with E-state index in [2.05, 4.69) is 17.6 Å². The van der Waals surface area contributed by atoms with Gasteiger partial charge in [0.1, 0.15) is 63.9 Å². The van der Waals surface area contributed by atoms with Crippen molar-refractivity contribution in [3.8, 4) is 17.2 Å². The van der Waals surface area contributed by atoms with Crippen LogP contribution in [-0.2, 0) is 48.2 Å². The number of ether oxygens (including phenoxy) is 2. The van der Waals surface area contributed by atoms with E-state index in [0.717, 1.165) is 85.8 Å². The highest BCUT2D eigenvalue weighted by Gasteiger charge is 2.58. The van der Waals surface area contributed by atoms with E-state index < -0.39 is 65.4 Å². The largest absolute Gasteiger partial charge is 0.508 e. The molecule has 15 heteroatoms. The van der Waals surface area contributed by atoms with Gasteiger partial charge in [0.2, 0.25) is 0 Å². The topological polar surface area (TPSA) is 243 Å². The Kier molecular flexibility index (Phi) is 11.7. The Bertz CT molecular complexity index is 3160. The number of phenols is 2. The molecule has 7 heterocycles. The summed E-state index contributed by atoms with van der Waals surface area (Å²) in [5.74, 6) is -2.33. The number of aromatic nitrogens is 2. The predicted octanol–water partition coefficient (Wildman–Crippen LogP) is 7.02. The normalized spacial score (nSPS) is 29.9. The van der Waals surface area contributed by atoms with Crippen LogP contribution in [0, 0.1) is 17.3 Å². The summed E-state index contributed by atoms with van der Waals surface area (Å²) in [6.45, 7) is 6.60. The van der Waals surface area contributed by atoms with Crippen molar-refractivity contribution in [1.29, 1.82) is 0 Å². The fraction of sp³-hybridized carbons (Fsp3) is 0.517. The number of aryl methyl sites for hydroxylation is 1. The molecular weight excluding hydrogens is 927 g/mol. The number of benzene rings is 2. The smallest absolute Gasteiger partial charge is 0.337 e. The zero-order chi connectivity index (χ0) is 50.7. The molecule has 0 amide bonds. The van der Waals surface area contributed by atoms with E-state index >= 15 is 4.79 Å². The first-order chi connectivity index (χ1) is 35.2. The number of pyridine rings is 2. The first-order valence-corrected chi connectivity index (χ1v) is 26.6. The summed E-state index contributed by atoms with van der Waals surface area (Å²) in [4.78, 5) is 39.7. The molecule has 2 aromatic carbocycles. The van der Waals surface area contributed by atoms with Gasteiger partial charge in [-0.1, -0.05) is 12.1 Å². The molecule has 73 heavy (non-hydrogen) atoms. The molecule has 12 rings (SSSR count). The summed E-state index contributed by atoms with van der Waals surface area (Å²) in [5, 5.41) is 66.0. The number of allylic oxidation sites excluding steroid dienone is 1. The second-order valence-electron chi connectivity index (χ2n) is 22.7. The SMILES string of the molecule is C/C=C(\C(=O)O[C@@H]1Cc2c3c(c4oc(CO)cc(=O)c4c2O)[C@H]2c4ccnc(N)c4[C@@H](CCc4ccc(O)cc4[C@@H]2CO)[C@@H]2CCc4c(cnc5c4CC[C@@H](C)N5)C[C@@H]2[C@]1(C)O3)[C@@]1(O)CCC2(CCNCC2)C1. The van der Waals surface area contributed by atoms with Gasteiger partial charge in [0.25, 0.3) is 0 Å². The first-order valence-electron chi connectivity index (χ1n) is 26.6. The number of nitrogen functional groups attached to an aromatic ring is 1. The van der Waals surface area contributed by atoms with Gasteiger partial charge in [0.15, 0.2) is 5.43 Å². The number of fused-ring (bicyclic) bond motifs is 11. The Balaban J connectivity index is 1.14. The lowest BCUT2D eigenvalue weighted by Crippen LogP contribution is -2.59. The number of carbonyl (C=O) groups excluding carboxylic acids is 1. The summed E-state index contributed by atoms with van der Waals surface area (Å²) >= 11 is 0. The third-order valence-corrected chi connectivity index (χ3v) is 18.9. The van der Waals surface area contributed by atoms with Crippen LogP contribution in [0.4, 0.5) is 11.6 Å². The molecule has 3 aromatic heterocycles. The van der Waals surface area contributed by atoms with Gasteiger partial charge in [-0.15, -0.1) is 0 Å². The lowest BCUT2D eigenvalue weighted by Gasteiger charge is -2.51. The second-order valence-corrected chi connectivity index (χ2v) is 22.7. The van der Waals surface area contributed by atoms with Crippen LogP contribution in [0.25, 0.3) is 11.0 Å². The number of rotatable bonds is 5. The number of nitrogens with two attached hydrogens (primary N) is 1. The van der Waals surface area contributed by atoms with Gasteiger partial charge in [-0.05, 0) is 180 Å². The van der Waals surface area contributed by atoms with Crippen molar-refractivity contribution in [1.82, 2.24) is 15.3 Å². The number of esters is 1. The Morgan fingerprint density at radius 3 is 2.53 bits per heavy atom. The summed E-state index contributed by atoms with van der Waals surface area (Å²) < 4.78 is 21.3. The van der Waals surface area contributed by atoms with E-state index in [-0.39, 0.29) is 69.1 Å². The summed E-state index contributed by atoms with van der Waals surface area (Å²) in [5.41, 5.74) is 11.1. The highest BCUT2D eigenvalue weighted by molar-refractivity contribution is 5.93. The minimum atomic E-state index is -1.42. The number of piperidine rings is 1. The molecule has 7 aliphatic rings. The minimum absolute atomic E-state index is 0.0156. The lowest BCUT2D eigenvalue weighted by molar-refractivity contribution is -0.171. The molecule has 4 bridgehead atoms. The number of nitrogens with zero attached hydrogens (tertiary/aromatic N) is 2. The Morgan fingerprint density at radius 1 is 0.945 bits per heavy atom. The maximum absolute atomic E-state index is 15.3. The molecule has 3 aliphatic carbocycles. The number of phenolic OH excluding ortho intramolecular Hbond substituents is 2. The molecule has 384 valence electrons. The van der Waals surface area contributed by atoms with Crippen molar-refractivity contribution >= 4 is 28.6 Å². The number of aliphatic hydroxyl groups excluding tert-OH is 2. The standard InChI is InChI=1S/C58H67N5O10/c1-4-42(58(70)15-14-57(28-58)16-19-60-20-17-57)55(69)72-45-24-40-50(68)48-44(67)23-33(26-64)71-52(48)49-46-38-13-18-61-53(59)47(38)36(10-7-30-6-8-32(66)22-39(30)41(46)27-65)35-12-11-34-31(21-43(35)56(45,3)73-51(40)49)25-62-54-37(34)9-5-29(2)63-54/h4,6,8,13,18,22-23,25,29,35-36,41,43,45-46,60,64-66,68,70H,5,7,9-12,14-17,19-21,24,26-28H2,1-3H3,(H2,59,61)(H,62,63)/b42-4+/t29-,35+,36+,41+,43+,45-,46+,56+,58-/m1/s1. The van der Waals surface area contributed by atoms with Crippen LogP contribution >= 0.6 is 0 Å². The monoisotopic (exact) mass is 993 g/mol. The van der Waals surface area contributed by atoms with E-state index in [0.29, 0.717) is 55.5 Å². The summed E-state index contributed by atoms with van der Waals surface area (Å²) in [7, 11) is 0. The van der Waals surface area contributed by atoms with Gasteiger partial charge in [0, 0.05) is 65.4 Å². The molecule has 4 aliphatic heterocycles. The number of carbonyl (C=O) groups is 1. The van der Waals surface area contributed by atoms with E-state index in [1.54, 1.807) is 31.3 Å². The highest BCUT2D eigenvalue weighted by Crippen LogP contribution is 2.61. The number of nitrogens with one attached hydrogen (secondary N) is 2. The second kappa shape index (κ2) is 17.8. The van der Waals surface area contributed by atoms with Crippen LogP contribution in [0.2, 0.25) is 0 Å². The maximum atomic E-state index is 15.3.